The zero-order valence-electron chi connectivity index (χ0n) is 21.7. The molecule has 0 spiro atoms. The first-order chi connectivity index (χ1) is 16.6. The van der Waals surface area contributed by atoms with Gasteiger partial charge in [0.05, 0.1) is 0 Å². The van der Waals surface area contributed by atoms with E-state index in [1.807, 2.05) is 24.4 Å². The first-order valence-electron chi connectivity index (χ1n) is 12.5. The third kappa shape index (κ3) is 4.84. The number of carbonyl (C=O) groups is 1. The van der Waals surface area contributed by atoms with Crippen molar-refractivity contribution >= 4 is 28.6 Å². The molecule has 4 rings (SSSR count). The molecule has 2 N–H and O–H groups in total. The summed E-state index contributed by atoms with van der Waals surface area (Å²) in [7, 11) is 0. The second-order valence-electron chi connectivity index (χ2n) is 10.7. The number of amides is 1. The van der Waals surface area contributed by atoms with Crippen molar-refractivity contribution in [3.05, 3.63) is 70.4 Å². The Morgan fingerprint density at radius 2 is 2.06 bits per heavy atom. The number of benzene rings is 2. The molecule has 5 heteroatoms. The van der Waals surface area contributed by atoms with Crippen LogP contribution in [0, 0.1) is 18.3 Å². The fourth-order valence-corrected chi connectivity index (χ4v) is 5.80. The molecule has 1 unspecified atom stereocenters. The van der Waals surface area contributed by atoms with Crippen molar-refractivity contribution in [1.82, 2.24) is 10.3 Å². The Hall–Kier alpha value is -3.52. The maximum absolute atomic E-state index is 12.8. The van der Waals surface area contributed by atoms with Gasteiger partial charge in [-0.15, -0.1) is 0 Å². The van der Waals surface area contributed by atoms with E-state index in [2.05, 4.69) is 81.0 Å². The number of H-pyrrole nitrogens is 1. The van der Waals surface area contributed by atoms with Crippen LogP contribution < -0.4 is 10.2 Å². The highest BCUT2D eigenvalue weighted by Gasteiger charge is 2.37. The molecule has 0 saturated carbocycles. The smallest absolute Gasteiger partial charge is 0.261 e. The fraction of sp³-hybridized carbons (Fsp3) is 0.400. The summed E-state index contributed by atoms with van der Waals surface area (Å²) < 4.78 is 0. The normalized spacial score (nSPS) is 17.4. The topological polar surface area (TPSA) is 71.9 Å². The number of nitrogens with zero attached hydrogens (tertiary/aromatic N) is 2. The molecule has 2 aromatic carbocycles. The van der Waals surface area contributed by atoms with E-state index in [1.165, 1.54) is 11.3 Å². The Morgan fingerprint density at radius 1 is 1.31 bits per heavy atom. The molecule has 1 aliphatic heterocycles. The van der Waals surface area contributed by atoms with E-state index in [1.54, 1.807) is 6.08 Å². The van der Waals surface area contributed by atoms with Gasteiger partial charge in [0.15, 0.2) is 0 Å². The van der Waals surface area contributed by atoms with Gasteiger partial charge >= 0.3 is 0 Å². The average molecular weight is 469 g/mol. The van der Waals surface area contributed by atoms with Crippen LogP contribution in [0.5, 0.6) is 0 Å². The van der Waals surface area contributed by atoms with Crippen molar-refractivity contribution in [3.8, 4) is 6.07 Å². The average Bonchev–Trinajstić information content (AvgIpc) is 3.20. The van der Waals surface area contributed by atoms with E-state index in [-0.39, 0.29) is 17.0 Å². The van der Waals surface area contributed by atoms with Gasteiger partial charge < -0.3 is 15.2 Å². The van der Waals surface area contributed by atoms with Gasteiger partial charge in [-0.1, -0.05) is 25.1 Å². The summed E-state index contributed by atoms with van der Waals surface area (Å²) in [5, 5.41) is 13.8. The minimum Gasteiger partial charge on any atom is -0.364 e. The van der Waals surface area contributed by atoms with Crippen molar-refractivity contribution in [2.24, 2.45) is 0 Å². The number of para-hydroxylation sites is 1. The molecule has 1 atom stereocenters. The number of carbonyl (C=O) groups excluding carboxylic acids is 1. The highest BCUT2D eigenvalue weighted by molar-refractivity contribution is 6.02. The third-order valence-corrected chi connectivity index (χ3v) is 7.20. The van der Waals surface area contributed by atoms with Crippen LogP contribution in [0.2, 0.25) is 0 Å². The minimum atomic E-state index is -0.331. The zero-order chi connectivity index (χ0) is 25.3. The third-order valence-electron chi connectivity index (χ3n) is 7.20. The minimum absolute atomic E-state index is 0.0763. The monoisotopic (exact) mass is 468 g/mol. The summed E-state index contributed by atoms with van der Waals surface area (Å²) >= 11 is 0. The summed E-state index contributed by atoms with van der Waals surface area (Å²) in [6, 6.07) is 15.0. The van der Waals surface area contributed by atoms with E-state index >= 15 is 0 Å². The number of aromatic amines is 1. The van der Waals surface area contributed by atoms with E-state index in [0.29, 0.717) is 24.9 Å². The lowest BCUT2D eigenvalue weighted by Crippen LogP contribution is -2.51. The molecule has 0 aliphatic carbocycles. The van der Waals surface area contributed by atoms with Crippen LogP contribution in [-0.4, -0.2) is 29.0 Å². The molecule has 2 heterocycles. The summed E-state index contributed by atoms with van der Waals surface area (Å²) in [5.41, 5.74) is 7.00. The van der Waals surface area contributed by atoms with Gasteiger partial charge in [-0.05, 0) is 99.9 Å². The maximum Gasteiger partial charge on any atom is 0.261 e. The Morgan fingerprint density at radius 3 is 2.77 bits per heavy atom. The van der Waals surface area contributed by atoms with Gasteiger partial charge in [0.1, 0.15) is 11.6 Å². The number of nitriles is 1. The summed E-state index contributed by atoms with van der Waals surface area (Å²) in [6.45, 7) is 13.9. The van der Waals surface area contributed by atoms with Crippen LogP contribution >= 0.6 is 0 Å². The molecule has 0 saturated heterocycles. The Balaban J connectivity index is 1.54. The van der Waals surface area contributed by atoms with Crippen LogP contribution in [0.1, 0.15) is 69.2 Å². The first kappa shape index (κ1) is 24.6. The van der Waals surface area contributed by atoms with Crippen molar-refractivity contribution in [2.75, 3.05) is 11.4 Å². The van der Waals surface area contributed by atoms with E-state index in [4.69, 9.17) is 0 Å². The van der Waals surface area contributed by atoms with E-state index in [0.717, 1.165) is 34.0 Å². The molecular weight excluding hydrogens is 432 g/mol. The van der Waals surface area contributed by atoms with Crippen LogP contribution in [0.3, 0.4) is 0 Å². The number of hydrogen-bond acceptors (Lipinski definition) is 3. The van der Waals surface area contributed by atoms with Crippen LogP contribution in [0.4, 0.5) is 5.69 Å². The Bertz CT molecular complexity index is 1320. The van der Waals surface area contributed by atoms with E-state index in [9.17, 15) is 10.1 Å². The molecule has 3 aromatic rings. The molecular formula is C30H36N4O. The lowest BCUT2D eigenvalue weighted by molar-refractivity contribution is -0.117. The van der Waals surface area contributed by atoms with Gasteiger partial charge in [0.25, 0.3) is 5.91 Å². The molecule has 1 aliphatic rings. The lowest BCUT2D eigenvalue weighted by atomic mass is 9.78. The predicted molar refractivity (Wildman–Crippen MR) is 145 cm³/mol. The highest BCUT2D eigenvalue weighted by Crippen LogP contribution is 2.45. The lowest BCUT2D eigenvalue weighted by Gasteiger charge is -2.50. The number of hydrogen-bond donors (Lipinski definition) is 2. The van der Waals surface area contributed by atoms with Gasteiger partial charge in [0, 0.05) is 40.9 Å². The first-order valence-corrected chi connectivity index (χ1v) is 12.5. The van der Waals surface area contributed by atoms with Crippen LogP contribution in [0.25, 0.3) is 17.0 Å². The van der Waals surface area contributed by atoms with Crippen LogP contribution in [0.15, 0.2) is 48.2 Å². The Kier molecular flexibility index (Phi) is 6.76. The quantitative estimate of drug-likeness (QED) is 0.332. The highest BCUT2D eigenvalue weighted by atomic mass is 16.1. The number of nitrogens with one attached hydrogen (secondary N) is 2. The van der Waals surface area contributed by atoms with Gasteiger partial charge in [-0.25, -0.2) is 0 Å². The molecule has 182 valence electrons. The number of rotatable bonds is 6. The summed E-state index contributed by atoms with van der Waals surface area (Å²) in [4.78, 5) is 18.6. The predicted octanol–water partition coefficient (Wildman–Crippen LogP) is 6.24. The maximum atomic E-state index is 12.8. The number of aryl methyl sites for hydroxylation is 1. The van der Waals surface area contributed by atoms with Gasteiger partial charge in [-0.3, -0.25) is 4.79 Å². The zero-order valence-corrected chi connectivity index (χ0v) is 21.7. The standard InChI is InChI=1S/C30H36N4O/c1-19(2)34-28-13-20(3)23(15-26(28)21(4)16-30(34,5)6)14-24(17-31)29(35)32-12-11-22-18-33-27-10-8-7-9-25(22)27/h7-10,13-15,18-19,21,33H,11-12,16H2,1-6H3,(H,32,35)/b24-14-. The number of anilines is 1. The van der Waals surface area contributed by atoms with E-state index < -0.39 is 0 Å². The SMILES string of the molecule is Cc1cc2c(cc1/C=C(/C#N)C(=O)NCCc1c[nH]c3ccccc13)C(C)CC(C)(C)N2C(C)C. The number of fused-ring (bicyclic) bond motifs is 2. The van der Waals surface area contributed by atoms with Crippen LogP contribution in [-0.2, 0) is 11.2 Å². The van der Waals surface area contributed by atoms with Gasteiger partial charge in [0.2, 0.25) is 0 Å². The fourth-order valence-electron chi connectivity index (χ4n) is 5.80. The molecule has 5 nitrogen and oxygen atoms in total. The molecule has 35 heavy (non-hydrogen) atoms. The van der Waals surface area contributed by atoms with Crippen molar-refractivity contribution in [2.45, 2.75) is 71.9 Å². The summed E-state index contributed by atoms with van der Waals surface area (Å²) in [5.74, 6) is 0.0701. The second kappa shape index (κ2) is 9.62. The largest absolute Gasteiger partial charge is 0.364 e. The van der Waals surface area contributed by atoms with Crippen molar-refractivity contribution < 1.29 is 4.79 Å². The molecule has 0 bridgehead atoms. The molecule has 1 aromatic heterocycles. The molecule has 0 fully saturated rings. The van der Waals surface area contributed by atoms with Gasteiger partial charge in [-0.2, -0.15) is 5.26 Å². The molecule has 0 radical (unpaired) electrons. The van der Waals surface area contributed by atoms with Crippen molar-refractivity contribution in [3.63, 3.8) is 0 Å². The Labute approximate surface area is 208 Å². The second-order valence-corrected chi connectivity index (χ2v) is 10.7. The van der Waals surface area contributed by atoms with Crippen molar-refractivity contribution in [1.29, 1.82) is 5.26 Å². The summed E-state index contributed by atoms with van der Waals surface area (Å²) in [6.07, 6.45) is 5.48. The molecule has 1 amide bonds. The number of aromatic nitrogens is 1.